The molecule has 0 aliphatic rings. The first kappa shape index (κ1) is 16.4. The summed E-state index contributed by atoms with van der Waals surface area (Å²) in [6.07, 6.45) is 2.42. The fraction of sp³-hybridized carbons (Fsp3) is 0.500. The van der Waals surface area contributed by atoms with Crippen molar-refractivity contribution < 1.29 is 13.2 Å². The summed E-state index contributed by atoms with van der Waals surface area (Å²) >= 11 is 0. The van der Waals surface area contributed by atoms with Gasteiger partial charge in [0.05, 0.1) is 6.04 Å². The molecule has 112 valence electrons. The van der Waals surface area contributed by atoms with E-state index < -0.39 is 32.3 Å². The quantitative estimate of drug-likeness (QED) is 0.677. The molecule has 1 unspecified atom stereocenters. The number of aromatic amines is 1. The van der Waals surface area contributed by atoms with Crippen molar-refractivity contribution in [3.63, 3.8) is 0 Å². The Balaban J connectivity index is 2.79. The van der Waals surface area contributed by atoms with Crippen molar-refractivity contribution in [1.82, 2.24) is 15.0 Å². The predicted octanol–water partition coefficient (Wildman–Crippen LogP) is -0.186. The van der Waals surface area contributed by atoms with Crippen molar-refractivity contribution in [2.24, 2.45) is 5.92 Å². The van der Waals surface area contributed by atoms with Gasteiger partial charge in [0.25, 0.3) is 0 Å². The second-order valence-corrected chi connectivity index (χ2v) is 6.54. The minimum absolute atomic E-state index is 0.264. The molecule has 7 nitrogen and oxygen atoms in total. The first-order chi connectivity index (χ1) is 9.24. The highest BCUT2D eigenvalue weighted by Gasteiger charge is 2.23. The lowest BCUT2D eigenvalue weighted by atomic mass is 10.2. The molecule has 8 heteroatoms. The number of hydrogen-bond donors (Lipinski definition) is 3. The number of pyridine rings is 1. The number of amides is 1. The Labute approximate surface area is 117 Å². The highest BCUT2D eigenvalue weighted by atomic mass is 32.2. The van der Waals surface area contributed by atoms with E-state index in [1.165, 1.54) is 13.1 Å². The highest BCUT2D eigenvalue weighted by molar-refractivity contribution is 7.89. The van der Waals surface area contributed by atoms with Gasteiger partial charge < -0.3 is 10.3 Å². The lowest BCUT2D eigenvalue weighted by molar-refractivity contribution is -0.122. The Morgan fingerprint density at radius 3 is 2.55 bits per heavy atom. The third-order valence-electron chi connectivity index (χ3n) is 2.49. The molecule has 1 heterocycles. The molecule has 20 heavy (non-hydrogen) atoms. The number of hydrogen-bond acceptors (Lipinski definition) is 4. The smallest absolute Gasteiger partial charge is 0.246 e. The summed E-state index contributed by atoms with van der Waals surface area (Å²) < 4.78 is 26.2. The maximum Gasteiger partial charge on any atom is 0.246 e. The highest BCUT2D eigenvalue weighted by Crippen LogP contribution is 2.01. The molecule has 0 saturated heterocycles. The summed E-state index contributed by atoms with van der Waals surface area (Å²) in [5.74, 6) is -0.172. The summed E-state index contributed by atoms with van der Waals surface area (Å²) in [6.45, 7) is 5.73. The van der Waals surface area contributed by atoms with Crippen LogP contribution in [0.4, 0.5) is 0 Å². The lowest BCUT2D eigenvalue weighted by Crippen LogP contribution is -2.46. The Morgan fingerprint density at radius 2 is 2.00 bits per heavy atom. The normalized spacial score (nSPS) is 13.2. The minimum Gasteiger partial charge on any atom is -0.366 e. The van der Waals surface area contributed by atoms with Gasteiger partial charge in [0, 0.05) is 25.0 Å². The summed E-state index contributed by atoms with van der Waals surface area (Å²) in [5.41, 5.74) is -0.633. The number of carbonyl (C=O) groups is 1. The van der Waals surface area contributed by atoms with E-state index in [0.717, 1.165) is 12.3 Å². The maximum absolute atomic E-state index is 12.0. The van der Waals surface area contributed by atoms with E-state index in [9.17, 15) is 18.0 Å². The van der Waals surface area contributed by atoms with Gasteiger partial charge in [0.15, 0.2) is 0 Å². The molecular weight excluding hydrogens is 282 g/mol. The minimum atomic E-state index is -4.03. The third kappa shape index (κ3) is 4.46. The molecule has 1 aromatic rings. The zero-order valence-corrected chi connectivity index (χ0v) is 12.5. The Hall–Kier alpha value is -1.67. The Bertz CT molecular complexity index is 622. The molecule has 1 amide bonds. The Morgan fingerprint density at radius 1 is 1.35 bits per heavy atom. The third-order valence-corrected chi connectivity index (χ3v) is 4.05. The second-order valence-electron chi connectivity index (χ2n) is 4.85. The zero-order chi connectivity index (χ0) is 15.3. The van der Waals surface area contributed by atoms with Crippen LogP contribution in [-0.4, -0.2) is 31.9 Å². The molecule has 3 N–H and O–H groups in total. The van der Waals surface area contributed by atoms with E-state index in [4.69, 9.17) is 0 Å². The van der Waals surface area contributed by atoms with Crippen LogP contribution in [0.2, 0.25) is 0 Å². The maximum atomic E-state index is 12.0. The van der Waals surface area contributed by atoms with Crippen molar-refractivity contribution in [3.8, 4) is 0 Å². The standard InChI is InChI=1S/C12H19N3O4S/c1-8(2)6-14-12(17)9(3)15-20(18,19)11-7-13-5-4-10(11)16/h4-5,7-9,15H,6H2,1-3H3,(H,13,16)(H,14,17). The van der Waals surface area contributed by atoms with Crippen LogP contribution in [0, 0.1) is 5.92 Å². The number of sulfonamides is 1. The van der Waals surface area contributed by atoms with Gasteiger partial charge in [-0.15, -0.1) is 0 Å². The van der Waals surface area contributed by atoms with Crippen molar-refractivity contribution in [3.05, 3.63) is 28.7 Å². The van der Waals surface area contributed by atoms with Gasteiger partial charge >= 0.3 is 0 Å². The van der Waals surface area contributed by atoms with Crippen LogP contribution < -0.4 is 15.5 Å². The molecule has 0 aliphatic heterocycles. The van der Waals surface area contributed by atoms with Crippen LogP contribution in [-0.2, 0) is 14.8 Å². The molecule has 1 atom stereocenters. The van der Waals surface area contributed by atoms with Gasteiger partial charge in [-0.2, -0.15) is 4.72 Å². The van der Waals surface area contributed by atoms with Gasteiger partial charge in [-0.3, -0.25) is 9.59 Å². The van der Waals surface area contributed by atoms with E-state index in [1.807, 2.05) is 13.8 Å². The van der Waals surface area contributed by atoms with Crippen molar-refractivity contribution in [2.75, 3.05) is 6.54 Å². The van der Waals surface area contributed by atoms with Crippen LogP contribution in [0.5, 0.6) is 0 Å². The molecular formula is C12H19N3O4S. The van der Waals surface area contributed by atoms with Crippen molar-refractivity contribution >= 4 is 15.9 Å². The SMILES string of the molecule is CC(C)CNC(=O)C(C)NS(=O)(=O)c1c[nH]ccc1=O. The zero-order valence-electron chi connectivity index (χ0n) is 11.6. The molecule has 0 bridgehead atoms. The number of aromatic nitrogens is 1. The number of nitrogens with one attached hydrogen (secondary N) is 3. The van der Waals surface area contributed by atoms with E-state index in [0.29, 0.717) is 6.54 Å². The monoisotopic (exact) mass is 301 g/mol. The molecule has 0 aliphatic carbocycles. The summed E-state index contributed by atoms with van der Waals surface area (Å²) in [4.78, 5) is 25.3. The van der Waals surface area contributed by atoms with Gasteiger partial charge in [0.1, 0.15) is 4.90 Å². The van der Waals surface area contributed by atoms with Crippen LogP contribution in [0.1, 0.15) is 20.8 Å². The fourth-order valence-corrected chi connectivity index (χ4v) is 2.67. The number of carbonyl (C=O) groups excluding carboxylic acids is 1. The molecule has 1 rings (SSSR count). The molecule has 0 saturated carbocycles. The average Bonchev–Trinajstić information content (AvgIpc) is 2.35. The van der Waals surface area contributed by atoms with Gasteiger partial charge in [-0.05, 0) is 12.8 Å². The molecule has 0 spiro atoms. The fourth-order valence-electron chi connectivity index (χ4n) is 1.42. The van der Waals surface area contributed by atoms with E-state index >= 15 is 0 Å². The van der Waals surface area contributed by atoms with E-state index in [-0.39, 0.29) is 5.92 Å². The lowest BCUT2D eigenvalue weighted by Gasteiger charge is -2.15. The van der Waals surface area contributed by atoms with E-state index in [2.05, 4.69) is 15.0 Å². The topological polar surface area (TPSA) is 108 Å². The summed E-state index contributed by atoms with van der Waals surface area (Å²) in [7, 11) is -4.03. The van der Waals surface area contributed by atoms with Gasteiger partial charge in [-0.25, -0.2) is 8.42 Å². The predicted molar refractivity (Wildman–Crippen MR) is 74.7 cm³/mol. The molecule has 1 aromatic heterocycles. The van der Waals surface area contributed by atoms with Gasteiger partial charge in [0.2, 0.25) is 21.4 Å². The first-order valence-corrected chi connectivity index (χ1v) is 7.69. The molecule has 0 aromatic carbocycles. The van der Waals surface area contributed by atoms with Crippen LogP contribution in [0.3, 0.4) is 0 Å². The second kappa shape index (κ2) is 6.67. The van der Waals surface area contributed by atoms with Crippen LogP contribution in [0.25, 0.3) is 0 Å². The van der Waals surface area contributed by atoms with Crippen molar-refractivity contribution in [2.45, 2.75) is 31.7 Å². The van der Waals surface area contributed by atoms with Crippen LogP contribution >= 0.6 is 0 Å². The summed E-state index contributed by atoms with van der Waals surface area (Å²) in [6, 6.07) is 0.149. The number of H-pyrrole nitrogens is 1. The molecule has 0 radical (unpaired) electrons. The number of rotatable bonds is 6. The Kier molecular flexibility index (Phi) is 5.46. The average molecular weight is 301 g/mol. The molecule has 0 fully saturated rings. The first-order valence-electron chi connectivity index (χ1n) is 6.21. The van der Waals surface area contributed by atoms with E-state index in [1.54, 1.807) is 0 Å². The largest absolute Gasteiger partial charge is 0.366 e. The van der Waals surface area contributed by atoms with Gasteiger partial charge in [-0.1, -0.05) is 13.8 Å². The summed E-state index contributed by atoms with van der Waals surface area (Å²) in [5, 5.41) is 2.62. The van der Waals surface area contributed by atoms with Crippen molar-refractivity contribution in [1.29, 1.82) is 0 Å². The van der Waals surface area contributed by atoms with Crippen LogP contribution in [0.15, 0.2) is 28.2 Å².